The van der Waals surface area contributed by atoms with Crippen LogP contribution < -0.4 is 10.6 Å². The maximum absolute atomic E-state index is 11.8. The highest BCUT2D eigenvalue weighted by Crippen LogP contribution is 2.15. The molecule has 7 nitrogen and oxygen atoms in total. The summed E-state index contributed by atoms with van der Waals surface area (Å²) in [4.78, 5) is 24.4. The molecule has 1 saturated heterocycles. The van der Waals surface area contributed by atoms with E-state index >= 15 is 0 Å². The lowest BCUT2D eigenvalue weighted by atomic mass is 10.3. The Kier molecular flexibility index (Phi) is 3.93. The Morgan fingerprint density at radius 3 is 2.80 bits per heavy atom. The summed E-state index contributed by atoms with van der Waals surface area (Å²) in [6.07, 6.45) is 1.12. The first kappa shape index (κ1) is 14.3. The smallest absolute Gasteiger partial charge is 0.324 e. The van der Waals surface area contributed by atoms with Gasteiger partial charge in [-0.25, -0.2) is 13.2 Å². The van der Waals surface area contributed by atoms with Gasteiger partial charge in [-0.05, 0) is 18.2 Å². The first-order chi connectivity index (χ1) is 9.38. The molecule has 1 aromatic carbocycles. The number of nitrogens with zero attached hydrogens (tertiary/aromatic N) is 1. The molecule has 3 amide bonds. The Bertz CT molecular complexity index is 642. The average Bonchev–Trinajstić information content (AvgIpc) is 2.82. The van der Waals surface area contributed by atoms with Crippen LogP contribution in [0.3, 0.4) is 0 Å². The van der Waals surface area contributed by atoms with E-state index < -0.39 is 15.9 Å². The molecule has 1 heterocycles. The fourth-order valence-corrected chi connectivity index (χ4v) is 2.49. The molecule has 2 N–H and O–H groups in total. The van der Waals surface area contributed by atoms with E-state index in [-0.39, 0.29) is 17.3 Å². The van der Waals surface area contributed by atoms with Crippen molar-refractivity contribution in [1.82, 2.24) is 10.2 Å². The van der Waals surface area contributed by atoms with Crippen molar-refractivity contribution in [2.24, 2.45) is 0 Å². The lowest BCUT2D eigenvalue weighted by molar-refractivity contribution is -0.125. The van der Waals surface area contributed by atoms with Crippen molar-refractivity contribution in [3.8, 4) is 0 Å². The second-order valence-corrected chi connectivity index (χ2v) is 6.45. The van der Waals surface area contributed by atoms with E-state index in [2.05, 4.69) is 10.6 Å². The lowest BCUT2D eigenvalue weighted by Gasteiger charge is -2.13. The molecule has 0 unspecified atom stereocenters. The minimum absolute atomic E-state index is 0.0688. The highest BCUT2D eigenvalue weighted by Gasteiger charge is 2.25. The molecule has 1 aliphatic rings. The summed E-state index contributed by atoms with van der Waals surface area (Å²) in [6.45, 7) is 0.734. The zero-order valence-corrected chi connectivity index (χ0v) is 11.7. The number of rotatable bonds is 4. The van der Waals surface area contributed by atoms with Crippen LogP contribution >= 0.6 is 0 Å². The van der Waals surface area contributed by atoms with Crippen LogP contribution in [0.4, 0.5) is 10.5 Å². The van der Waals surface area contributed by atoms with E-state index in [9.17, 15) is 18.0 Å². The zero-order valence-electron chi connectivity index (χ0n) is 10.9. The summed E-state index contributed by atoms with van der Waals surface area (Å²) in [6, 6.07) is 5.78. The van der Waals surface area contributed by atoms with E-state index in [0.29, 0.717) is 18.8 Å². The largest absolute Gasteiger partial charge is 0.376 e. The number of nitrogens with one attached hydrogen (secondary N) is 2. The molecule has 0 bridgehead atoms. The Labute approximate surface area is 116 Å². The van der Waals surface area contributed by atoms with Gasteiger partial charge in [0, 0.05) is 25.0 Å². The van der Waals surface area contributed by atoms with Crippen LogP contribution in [0.2, 0.25) is 0 Å². The normalized spacial score (nSPS) is 15.1. The van der Waals surface area contributed by atoms with E-state index in [1.165, 1.54) is 12.1 Å². The van der Waals surface area contributed by atoms with Crippen molar-refractivity contribution in [3.63, 3.8) is 0 Å². The first-order valence-electron chi connectivity index (χ1n) is 6.00. The number of anilines is 1. The van der Waals surface area contributed by atoms with Crippen molar-refractivity contribution in [1.29, 1.82) is 0 Å². The second-order valence-electron chi connectivity index (χ2n) is 4.43. The van der Waals surface area contributed by atoms with Crippen molar-refractivity contribution in [3.05, 3.63) is 24.3 Å². The van der Waals surface area contributed by atoms with E-state index in [4.69, 9.17) is 0 Å². The van der Waals surface area contributed by atoms with Gasteiger partial charge in [-0.15, -0.1) is 0 Å². The third-order valence-electron chi connectivity index (χ3n) is 2.86. The number of carbonyl (C=O) groups excluding carboxylic acids is 2. The molecular weight excluding hydrogens is 282 g/mol. The standard InChI is InChI=1S/C12H15N3O4S/c1-20(18,19)10-4-2-3-9(7-10)14-8-11(16)15-6-5-13-12(15)17/h2-4,7,14H,5-6,8H2,1H3,(H,13,17). The topological polar surface area (TPSA) is 95.6 Å². The first-order valence-corrected chi connectivity index (χ1v) is 7.89. The van der Waals surface area contributed by atoms with Gasteiger partial charge < -0.3 is 10.6 Å². The maximum Gasteiger partial charge on any atom is 0.324 e. The van der Waals surface area contributed by atoms with Crippen molar-refractivity contribution in [2.45, 2.75) is 4.90 Å². The summed E-state index contributed by atoms with van der Waals surface area (Å²) < 4.78 is 22.8. The molecule has 0 aliphatic carbocycles. The number of sulfone groups is 1. The monoisotopic (exact) mass is 297 g/mol. The molecular formula is C12H15N3O4S. The van der Waals surface area contributed by atoms with Crippen LogP contribution in [0, 0.1) is 0 Å². The summed E-state index contributed by atoms with van der Waals surface area (Å²) in [5, 5.41) is 5.36. The van der Waals surface area contributed by atoms with Crippen LogP contribution in [0.1, 0.15) is 0 Å². The SMILES string of the molecule is CS(=O)(=O)c1cccc(NCC(=O)N2CCNC2=O)c1. The Hall–Kier alpha value is -2.09. The summed E-state index contributed by atoms with van der Waals surface area (Å²) in [7, 11) is -3.29. The highest BCUT2D eigenvalue weighted by molar-refractivity contribution is 7.90. The second kappa shape index (κ2) is 5.49. The lowest BCUT2D eigenvalue weighted by Crippen LogP contribution is -2.38. The molecule has 108 valence electrons. The van der Waals surface area contributed by atoms with Gasteiger partial charge in [0.15, 0.2) is 9.84 Å². The molecule has 0 radical (unpaired) electrons. The fraction of sp³-hybridized carbons (Fsp3) is 0.333. The van der Waals surface area contributed by atoms with E-state index in [0.717, 1.165) is 11.2 Å². The minimum atomic E-state index is -3.29. The quantitative estimate of drug-likeness (QED) is 0.819. The Morgan fingerprint density at radius 2 is 2.20 bits per heavy atom. The van der Waals surface area contributed by atoms with Gasteiger partial charge in [0.25, 0.3) is 0 Å². The fourth-order valence-electron chi connectivity index (χ4n) is 1.82. The van der Waals surface area contributed by atoms with Gasteiger partial charge in [0.1, 0.15) is 0 Å². The number of hydrogen-bond donors (Lipinski definition) is 2. The third-order valence-corrected chi connectivity index (χ3v) is 3.97. The molecule has 2 rings (SSSR count). The molecule has 0 atom stereocenters. The van der Waals surface area contributed by atoms with Crippen LogP contribution in [0.15, 0.2) is 29.2 Å². The molecule has 20 heavy (non-hydrogen) atoms. The number of amides is 3. The maximum atomic E-state index is 11.8. The number of imide groups is 1. The van der Waals surface area contributed by atoms with Gasteiger partial charge in [-0.3, -0.25) is 9.69 Å². The molecule has 0 aromatic heterocycles. The van der Waals surface area contributed by atoms with Gasteiger partial charge in [0.05, 0.1) is 11.4 Å². The van der Waals surface area contributed by atoms with Crippen molar-refractivity contribution in [2.75, 3.05) is 31.2 Å². The molecule has 8 heteroatoms. The van der Waals surface area contributed by atoms with Gasteiger partial charge >= 0.3 is 6.03 Å². The van der Waals surface area contributed by atoms with Gasteiger partial charge in [-0.2, -0.15) is 0 Å². The minimum Gasteiger partial charge on any atom is -0.376 e. The molecule has 1 aromatic rings. The Morgan fingerprint density at radius 1 is 1.45 bits per heavy atom. The summed E-state index contributed by atoms with van der Waals surface area (Å²) in [5.41, 5.74) is 0.515. The molecule has 0 spiro atoms. The highest BCUT2D eigenvalue weighted by atomic mass is 32.2. The average molecular weight is 297 g/mol. The van der Waals surface area contributed by atoms with Crippen molar-refractivity contribution >= 4 is 27.5 Å². The number of urea groups is 1. The zero-order chi connectivity index (χ0) is 14.8. The molecule has 0 saturated carbocycles. The summed E-state index contributed by atoms with van der Waals surface area (Å²) in [5.74, 6) is -0.357. The van der Waals surface area contributed by atoms with E-state index in [1.807, 2.05) is 0 Å². The van der Waals surface area contributed by atoms with Gasteiger partial charge in [0.2, 0.25) is 5.91 Å². The van der Waals surface area contributed by atoms with Crippen molar-refractivity contribution < 1.29 is 18.0 Å². The predicted molar refractivity (Wildman–Crippen MR) is 73.2 cm³/mol. The van der Waals surface area contributed by atoms with Gasteiger partial charge in [-0.1, -0.05) is 6.07 Å². The summed E-state index contributed by atoms with van der Waals surface area (Å²) >= 11 is 0. The number of hydrogen-bond acceptors (Lipinski definition) is 5. The van der Waals surface area contributed by atoms with Crippen LogP contribution in [-0.2, 0) is 14.6 Å². The third kappa shape index (κ3) is 3.27. The predicted octanol–water partition coefficient (Wildman–Crippen LogP) is 0.0538. The van der Waals surface area contributed by atoms with Crippen LogP contribution in [-0.4, -0.2) is 51.1 Å². The number of carbonyl (C=O) groups is 2. The molecule has 1 aliphatic heterocycles. The number of benzene rings is 1. The molecule has 1 fully saturated rings. The van der Waals surface area contributed by atoms with E-state index in [1.54, 1.807) is 12.1 Å². The Balaban J connectivity index is 2.01. The van der Waals surface area contributed by atoms with Crippen LogP contribution in [0.25, 0.3) is 0 Å². The van der Waals surface area contributed by atoms with Crippen LogP contribution in [0.5, 0.6) is 0 Å².